The monoisotopic (exact) mass is 178 g/mol. The van der Waals surface area contributed by atoms with Crippen LogP contribution in [0.15, 0.2) is 11.1 Å². The van der Waals surface area contributed by atoms with E-state index in [1.807, 2.05) is 6.92 Å². The maximum atomic E-state index is 11.6. The summed E-state index contributed by atoms with van der Waals surface area (Å²) in [7, 11) is 0. The van der Waals surface area contributed by atoms with Crippen LogP contribution in [0.4, 0.5) is 0 Å². The summed E-state index contributed by atoms with van der Waals surface area (Å²) in [5, 5.41) is 0. The van der Waals surface area contributed by atoms with Gasteiger partial charge in [-0.1, -0.05) is 24.8 Å². The van der Waals surface area contributed by atoms with Crippen LogP contribution in [0.2, 0.25) is 0 Å². The normalized spacial score (nSPS) is 27.4. The fraction of sp³-hybridized carbons (Fsp3) is 0.750. The van der Waals surface area contributed by atoms with E-state index in [0.29, 0.717) is 11.2 Å². The molecule has 0 aliphatic heterocycles. The van der Waals surface area contributed by atoms with Crippen LogP contribution in [0.25, 0.3) is 0 Å². The third-order valence-electron chi connectivity index (χ3n) is 4.09. The standard InChI is InChI=1S/C12H18O/c1-9-10(2)12(8-11(9)13)6-4-3-5-7-12/h3-8H2,1-2H3. The van der Waals surface area contributed by atoms with Gasteiger partial charge in [0.2, 0.25) is 0 Å². The molecule has 0 unspecified atom stereocenters. The second-order valence-corrected chi connectivity index (χ2v) is 4.69. The maximum Gasteiger partial charge on any atom is 0.159 e. The minimum absolute atomic E-state index is 0.305. The lowest BCUT2D eigenvalue weighted by molar-refractivity contribution is -0.116. The molecule has 0 aromatic carbocycles. The van der Waals surface area contributed by atoms with Gasteiger partial charge in [-0.15, -0.1) is 0 Å². The summed E-state index contributed by atoms with van der Waals surface area (Å²) < 4.78 is 0. The number of hydrogen-bond donors (Lipinski definition) is 0. The first kappa shape index (κ1) is 8.98. The highest BCUT2D eigenvalue weighted by Crippen LogP contribution is 2.50. The molecule has 0 N–H and O–H groups in total. The van der Waals surface area contributed by atoms with E-state index in [-0.39, 0.29) is 0 Å². The van der Waals surface area contributed by atoms with Crippen LogP contribution in [0.3, 0.4) is 0 Å². The van der Waals surface area contributed by atoms with Crippen molar-refractivity contribution in [2.45, 2.75) is 52.4 Å². The summed E-state index contributed by atoms with van der Waals surface area (Å²) >= 11 is 0. The number of carbonyl (C=O) groups excluding carboxylic acids is 1. The third kappa shape index (κ3) is 1.25. The van der Waals surface area contributed by atoms with Crippen molar-refractivity contribution in [3.05, 3.63) is 11.1 Å². The van der Waals surface area contributed by atoms with Crippen LogP contribution in [0.5, 0.6) is 0 Å². The molecule has 13 heavy (non-hydrogen) atoms. The summed E-state index contributed by atoms with van der Waals surface area (Å²) in [4.78, 5) is 11.6. The summed E-state index contributed by atoms with van der Waals surface area (Å²) in [6, 6.07) is 0. The van der Waals surface area contributed by atoms with Gasteiger partial charge in [0, 0.05) is 6.42 Å². The Bertz CT molecular complexity index is 267. The number of carbonyl (C=O) groups is 1. The van der Waals surface area contributed by atoms with E-state index in [2.05, 4.69) is 6.92 Å². The highest BCUT2D eigenvalue weighted by molar-refractivity contribution is 5.99. The molecule has 0 radical (unpaired) electrons. The molecule has 0 atom stereocenters. The molecule has 0 aromatic heterocycles. The zero-order valence-electron chi connectivity index (χ0n) is 8.65. The average molecular weight is 178 g/mol. The fourth-order valence-corrected chi connectivity index (χ4v) is 2.96. The van der Waals surface area contributed by atoms with Gasteiger partial charge in [-0.25, -0.2) is 0 Å². The van der Waals surface area contributed by atoms with E-state index < -0.39 is 0 Å². The fourth-order valence-electron chi connectivity index (χ4n) is 2.96. The number of rotatable bonds is 0. The zero-order chi connectivity index (χ0) is 9.47. The number of hydrogen-bond acceptors (Lipinski definition) is 1. The van der Waals surface area contributed by atoms with E-state index in [4.69, 9.17) is 0 Å². The van der Waals surface area contributed by atoms with Crippen molar-refractivity contribution < 1.29 is 4.79 Å². The Balaban J connectivity index is 2.30. The van der Waals surface area contributed by atoms with Gasteiger partial charge in [0.25, 0.3) is 0 Å². The molecule has 72 valence electrons. The summed E-state index contributed by atoms with van der Waals surface area (Å²) in [5.74, 6) is 0.402. The molecule has 1 fully saturated rings. The summed E-state index contributed by atoms with van der Waals surface area (Å²) in [6.45, 7) is 4.17. The number of Topliss-reactive ketones (excluding diaryl/α,β-unsaturated/α-hetero) is 1. The lowest BCUT2D eigenvalue weighted by atomic mass is 9.70. The molecular weight excluding hydrogens is 160 g/mol. The smallest absolute Gasteiger partial charge is 0.159 e. The predicted octanol–water partition coefficient (Wildman–Crippen LogP) is 3.25. The van der Waals surface area contributed by atoms with Crippen LogP contribution in [0.1, 0.15) is 52.4 Å². The Kier molecular flexibility index (Phi) is 2.05. The molecule has 1 nitrogen and oxygen atoms in total. The summed E-state index contributed by atoms with van der Waals surface area (Å²) in [5.41, 5.74) is 2.76. The SMILES string of the molecule is CC1=C(C)C2(CCCCC2)CC1=O. The van der Waals surface area contributed by atoms with Crippen molar-refractivity contribution in [1.29, 1.82) is 0 Å². The van der Waals surface area contributed by atoms with Crippen LogP contribution >= 0.6 is 0 Å². The number of ketones is 1. The number of allylic oxidation sites excluding steroid dienone is 2. The highest BCUT2D eigenvalue weighted by atomic mass is 16.1. The van der Waals surface area contributed by atoms with Gasteiger partial charge in [-0.05, 0) is 37.7 Å². The first-order valence-electron chi connectivity index (χ1n) is 5.37. The van der Waals surface area contributed by atoms with Gasteiger partial charge in [0.05, 0.1) is 0 Å². The minimum Gasteiger partial charge on any atom is -0.295 e. The van der Waals surface area contributed by atoms with Gasteiger partial charge in [0.1, 0.15) is 0 Å². The van der Waals surface area contributed by atoms with Crippen LogP contribution in [0, 0.1) is 5.41 Å². The first-order valence-corrected chi connectivity index (χ1v) is 5.37. The second-order valence-electron chi connectivity index (χ2n) is 4.69. The molecule has 0 bridgehead atoms. The quantitative estimate of drug-likeness (QED) is 0.556. The van der Waals surface area contributed by atoms with Crippen molar-refractivity contribution in [2.24, 2.45) is 5.41 Å². The molecular formula is C12H18O. The first-order chi connectivity index (χ1) is 6.16. The third-order valence-corrected chi connectivity index (χ3v) is 4.09. The second kappa shape index (κ2) is 2.97. The molecule has 2 aliphatic rings. The Morgan fingerprint density at radius 1 is 1.08 bits per heavy atom. The van der Waals surface area contributed by atoms with Crippen LogP contribution in [-0.2, 0) is 4.79 Å². The van der Waals surface area contributed by atoms with E-state index in [9.17, 15) is 4.79 Å². The van der Waals surface area contributed by atoms with Crippen LogP contribution in [-0.4, -0.2) is 5.78 Å². The Morgan fingerprint density at radius 2 is 1.69 bits per heavy atom. The Morgan fingerprint density at radius 3 is 2.15 bits per heavy atom. The molecule has 0 aromatic rings. The molecule has 2 rings (SSSR count). The lowest BCUT2D eigenvalue weighted by Gasteiger charge is -2.34. The van der Waals surface area contributed by atoms with E-state index in [0.717, 1.165) is 12.0 Å². The lowest BCUT2D eigenvalue weighted by Crippen LogP contribution is -2.23. The van der Waals surface area contributed by atoms with Gasteiger partial charge >= 0.3 is 0 Å². The van der Waals surface area contributed by atoms with E-state index in [1.165, 1.54) is 37.7 Å². The Hall–Kier alpha value is -0.590. The van der Waals surface area contributed by atoms with Gasteiger partial charge in [-0.3, -0.25) is 4.79 Å². The molecule has 2 aliphatic carbocycles. The molecule has 0 saturated heterocycles. The molecule has 0 heterocycles. The van der Waals surface area contributed by atoms with Gasteiger partial charge < -0.3 is 0 Å². The van der Waals surface area contributed by atoms with Crippen molar-refractivity contribution in [3.8, 4) is 0 Å². The van der Waals surface area contributed by atoms with Crippen LogP contribution < -0.4 is 0 Å². The van der Waals surface area contributed by atoms with Crippen molar-refractivity contribution in [1.82, 2.24) is 0 Å². The van der Waals surface area contributed by atoms with Crippen molar-refractivity contribution >= 4 is 5.78 Å². The molecule has 0 amide bonds. The van der Waals surface area contributed by atoms with Gasteiger partial charge in [0.15, 0.2) is 5.78 Å². The summed E-state index contributed by atoms with van der Waals surface area (Å²) in [6.07, 6.45) is 7.31. The minimum atomic E-state index is 0.305. The molecule has 1 saturated carbocycles. The van der Waals surface area contributed by atoms with Crippen molar-refractivity contribution in [3.63, 3.8) is 0 Å². The van der Waals surface area contributed by atoms with E-state index >= 15 is 0 Å². The molecule has 1 spiro atoms. The zero-order valence-corrected chi connectivity index (χ0v) is 8.65. The molecule has 1 heteroatoms. The maximum absolute atomic E-state index is 11.6. The van der Waals surface area contributed by atoms with E-state index in [1.54, 1.807) is 0 Å². The van der Waals surface area contributed by atoms with Crippen molar-refractivity contribution in [2.75, 3.05) is 0 Å². The predicted molar refractivity (Wildman–Crippen MR) is 53.5 cm³/mol. The topological polar surface area (TPSA) is 17.1 Å². The Labute approximate surface area is 80.2 Å². The highest BCUT2D eigenvalue weighted by Gasteiger charge is 2.41. The largest absolute Gasteiger partial charge is 0.295 e. The van der Waals surface area contributed by atoms with Gasteiger partial charge in [-0.2, -0.15) is 0 Å². The average Bonchev–Trinajstić information content (AvgIpc) is 2.33.